The molecule has 1 aromatic carbocycles. The normalized spacial score (nSPS) is 18.2. The average Bonchev–Trinajstić information content (AvgIpc) is 2.95. The van der Waals surface area contributed by atoms with Gasteiger partial charge in [-0.3, -0.25) is 4.79 Å². The summed E-state index contributed by atoms with van der Waals surface area (Å²) in [4.78, 5) is 23.8. The van der Waals surface area contributed by atoms with Crippen molar-refractivity contribution in [2.75, 3.05) is 0 Å². The lowest BCUT2D eigenvalue weighted by Crippen LogP contribution is -2.49. The van der Waals surface area contributed by atoms with Gasteiger partial charge in [0.15, 0.2) is 0 Å². The molecule has 4 nitrogen and oxygen atoms in total. The van der Waals surface area contributed by atoms with E-state index >= 15 is 0 Å². The van der Waals surface area contributed by atoms with Crippen LogP contribution < -0.4 is 5.32 Å². The smallest absolute Gasteiger partial charge is 0.326 e. The van der Waals surface area contributed by atoms with Crippen molar-refractivity contribution in [1.82, 2.24) is 5.32 Å². The van der Waals surface area contributed by atoms with Gasteiger partial charge in [0.1, 0.15) is 11.9 Å². The van der Waals surface area contributed by atoms with Crippen LogP contribution in [0.4, 0.5) is 4.39 Å². The molecule has 0 spiro atoms. The first-order chi connectivity index (χ1) is 9.99. The Morgan fingerprint density at radius 2 is 1.86 bits per heavy atom. The Morgan fingerprint density at radius 3 is 2.33 bits per heavy atom. The van der Waals surface area contributed by atoms with Crippen LogP contribution in [-0.2, 0) is 15.0 Å². The molecule has 1 saturated carbocycles. The zero-order valence-electron chi connectivity index (χ0n) is 12.1. The van der Waals surface area contributed by atoms with Gasteiger partial charge in [0.05, 0.1) is 5.41 Å². The predicted octanol–water partition coefficient (Wildman–Crippen LogP) is 2.62. The van der Waals surface area contributed by atoms with Crippen LogP contribution in [0.2, 0.25) is 0 Å². The molecule has 2 rings (SSSR count). The summed E-state index contributed by atoms with van der Waals surface area (Å²) in [6.45, 7) is 1.72. The fraction of sp³-hybridized carbons (Fsp3) is 0.500. The minimum atomic E-state index is -1.03. The first kappa shape index (κ1) is 15.5. The van der Waals surface area contributed by atoms with E-state index in [2.05, 4.69) is 5.32 Å². The van der Waals surface area contributed by atoms with E-state index in [1.807, 2.05) is 0 Å². The third kappa shape index (κ3) is 3.06. The Balaban J connectivity index is 2.27. The zero-order chi connectivity index (χ0) is 15.5. The van der Waals surface area contributed by atoms with E-state index in [4.69, 9.17) is 5.11 Å². The molecule has 1 unspecified atom stereocenters. The molecule has 0 saturated heterocycles. The van der Waals surface area contributed by atoms with Gasteiger partial charge in [-0.25, -0.2) is 9.18 Å². The van der Waals surface area contributed by atoms with Crippen LogP contribution in [0.15, 0.2) is 24.3 Å². The largest absolute Gasteiger partial charge is 0.480 e. The summed E-state index contributed by atoms with van der Waals surface area (Å²) in [5.41, 5.74) is 0.0375. The second-order valence-corrected chi connectivity index (χ2v) is 5.57. The van der Waals surface area contributed by atoms with Crippen LogP contribution >= 0.6 is 0 Å². The highest BCUT2D eigenvalue weighted by atomic mass is 19.1. The lowest BCUT2D eigenvalue weighted by molar-refractivity contribution is -0.142. The summed E-state index contributed by atoms with van der Waals surface area (Å²) >= 11 is 0. The average molecular weight is 293 g/mol. The second kappa shape index (κ2) is 6.24. The molecule has 21 heavy (non-hydrogen) atoms. The first-order valence-corrected chi connectivity index (χ1v) is 7.29. The third-order valence-electron chi connectivity index (χ3n) is 4.30. The van der Waals surface area contributed by atoms with E-state index in [0.29, 0.717) is 19.3 Å². The van der Waals surface area contributed by atoms with Crippen molar-refractivity contribution >= 4 is 11.9 Å². The van der Waals surface area contributed by atoms with Crippen LogP contribution in [0.3, 0.4) is 0 Å². The lowest BCUT2D eigenvalue weighted by Gasteiger charge is -2.29. The topological polar surface area (TPSA) is 66.4 Å². The van der Waals surface area contributed by atoms with Crippen molar-refractivity contribution in [2.24, 2.45) is 0 Å². The highest BCUT2D eigenvalue weighted by molar-refractivity contribution is 5.91. The molecule has 0 bridgehead atoms. The van der Waals surface area contributed by atoms with Crippen molar-refractivity contribution in [3.8, 4) is 0 Å². The highest BCUT2D eigenvalue weighted by Crippen LogP contribution is 2.41. The van der Waals surface area contributed by atoms with Gasteiger partial charge in [-0.15, -0.1) is 0 Å². The van der Waals surface area contributed by atoms with Crippen LogP contribution in [0.5, 0.6) is 0 Å². The number of aliphatic carboxylic acids is 1. The summed E-state index contributed by atoms with van der Waals surface area (Å²) in [7, 11) is 0. The zero-order valence-corrected chi connectivity index (χ0v) is 12.1. The van der Waals surface area contributed by atoms with E-state index in [1.165, 1.54) is 12.1 Å². The fourth-order valence-electron chi connectivity index (χ4n) is 3.03. The Kier molecular flexibility index (Phi) is 4.60. The van der Waals surface area contributed by atoms with E-state index < -0.39 is 17.4 Å². The number of carbonyl (C=O) groups is 2. The van der Waals surface area contributed by atoms with Crippen molar-refractivity contribution in [2.45, 2.75) is 50.5 Å². The van der Waals surface area contributed by atoms with Crippen molar-refractivity contribution in [3.05, 3.63) is 35.6 Å². The van der Waals surface area contributed by atoms with Crippen LogP contribution in [0.25, 0.3) is 0 Å². The fourth-order valence-corrected chi connectivity index (χ4v) is 3.03. The van der Waals surface area contributed by atoms with Crippen molar-refractivity contribution in [3.63, 3.8) is 0 Å². The molecular weight excluding hydrogens is 273 g/mol. The summed E-state index contributed by atoms with van der Waals surface area (Å²) in [6.07, 6.45) is 3.49. The number of halogens is 1. The molecule has 1 fully saturated rings. The van der Waals surface area contributed by atoms with Gasteiger partial charge in [-0.2, -0.15) is 0 Å². The molecule has 114 valence electrons. The monoisotopic (exact) mass is 293 g/mol. The number of carboxylic acids is 1. The number of hydrogen-bond donors (Lipinski definition) is 2. The summed E-state index contributed by atoms with van der Waals surface area (Å²) in [5.74, 6) is -1.64. The van der Waals surface area contributed by atoms with Gasteiger partial charge in [-0.05, 0) is 37.0 Å². The van der Waals surface area contributed by atoms with E-state index in [9.17, 15) is 14.0 Å². The molecule has 1 aliphatic carbocycles. The molecule has 1 atom stereocenters. The van der Waals surface area contributed by atoms with Gasteiger partial charge in [0.2, 0.25) is 5.91 Å². The van der Waals surface area contributed by atoms with Crippen LogP contribution in [0, 0.1) is 5.82 Å². The van der Waals surface area contributed by atoms with E-state index in [1.54, 1.807) is 19.1 Å². The quantitative estimate of drug-likeness (QED) is 0.877. The summed E-state index contributed by atoms with van der Waals surface area (Å²) < 4.78 is 13.1. The van der Waals surface area contributed by atoms with Crippen molar-refractivity contribution in [1.29, 1.82) is 0 Å². The Bertz CT molecular complexity index is 521. The minimum Gasteiger partial charge on any atom is -0.480 e. The second-order valence-electron chi connectivity index (χ2n) is 5.57. The van der Waals surface area contributed by atoms with E-state index in [0.717, 1.165) is 18.4 Å². The Labute approximate surface area is 123 Å². The molecule has 0 aromatic heterocycles. The SMILES string of the molecule is CCC(NC(=O)C1(c2ccc(F)cc2)CCCC1)C(=O)O. The Morgan fingerprint density at radius 1 is 1.29 bits per heavy atom. The van der Waals surface area contributed by atoms with Crippen LogP contribution in [0.1, 0.15) is 44.6 Å². The molecule has 1 aliphatic rings. The third-order valence-corrected chi connectivity index (χ3v) is 4.30. The summed E-state index contributed by atoms with van der Waals surface area (Å²) in [6, 6.07) is 5.06. The molecule has 0 aliphatic heterocycles. The number of carbonyl (C=O) groups excluding carboxylic acids is 1. The summed E-state index contributed by atoms with van der Waals surface area (Å²) in [5, 5.41) is 11.7. The molecule has 0 heterocycles. The number of amides is 1. The predicted molar refractivity (Wildman–Crippen MR) is 76.4 cm³/mol. The van der Waals surface area contributed by atoms with Crippen LogP contribution in [-0.4, -0.2) is 23.0 Å². The number of hydrogen-bond acceptors (Lipinski definition) is 2. The highest BCUT2D eigenvalue weighted by Gasteiger charge is 2.43. The van der Waals surface area contributed by atoms with Gasteiger partial charge < -0.3 is 10.4 Å². The molecule has 5 heteroatoms. The maximum Gasteiger partial charge on any atom is 0.326 e. The van der Waals surface area contributed by atoms with Gasteiger partial charge in [0, 0.05) is 0 Å². The Hall–Kier alpha value is -1.91. The molecule has 2 N–H and O–H groups in total. The lowest BCUT2D eigenvalue weighted by atomic mass is 9.77. The standard InChI is InChI=1S/C16H20FNO3/c1-2-13(14(19)20)18-15(21)16(9-3-4-10-16)11-5-7-12(17)8-6-11/h5-8,13H,2-4,9-10H2,1H3,(H,18,21)(H,19,20). The molecular formula is C16H20FNO3. The number of nitrogens with one attached hydrogen (secondary N) is 1. The maximum atomic E-state index is 13.1. The molecule has 1 amide bonds. The minimum absolute atomic E-state index is 0.263. The van der Waals surface area contributed by atoms with E-state index in [-0.39, 0.29) is 11.7 Å². The molecule has 1 aromatic rings. The van der Waals surface area contributed by atoms with Gasteiger partial charge in [0.25, 0.3) is 0 Å². The maximum absolute atomic E-state index is 13.1. The van der Waals surface area contributed by atoms with Gasteiger partial charge >= 0.3 is 5.97 Å². The van der Waals surface area contributed by atoms with Gasteiger partial charge in [-0.1, -0.05) is 31.9 Å². The number of benzene rings is 1. The van der Waals surface area contributed by atoms with Crippen molar-refractivity contribution < 1.29 is 19.1 Å². The first-order valence-electron chi connectivity index (χ1n) is 7.29. The number of rotatable bonds is 5. The number of carboxylic acid groups (broad SMARTS) is 1. The molecule has 0 radical (unpaired) electrons.